The maximum Gasteiger partial charge on any atom is 0.295 e. The molecule has 0 aromatic heterocycles. The summed E-state index contributed by atoms with van der Waals surface area (Å²) in [5.41, 5.74) is -1.43. The van der Waals surface area contributed by atoms with Crippen LogP contribution in [0.5, 0.6) is 0 Å². The maximum atomic E-state index is 12.3. The first-order valence-corrected chi connectivity index (χ1v) is 19.3. The molecule has 0 unspecified atom stereocenters. The molecule has 0 spiro atoms. The summed E-state index contributed by atoms with van der Waals surface area (Å²) < 4.78 is 203. The van der Waals surface area contributed by atoms with Gasteiger partial charge in [-0.15, -0.1) is 0 Å². The monoisotopic (exact) mass is 733 g/mol. The Labute approximate surface area is 248 Å². The van der Waals surface area contributed by atoms with Crippen LogP contribution in [0.1, 0.15) is 0 Å². The third-order valence-corrected chi connectivity index (χ3v) is 11.0. The SMILES string of the molecule is O=S(=O)(O)c1cc(S(=O)(=O)O)c2cc(-c3cc(S(=O)(=O)O)c4cc(S(=O)(=O)O)cc(S(=O)(=O)O)c4c3)[c]c(S(=O)(=O)O)c2c1. The van der Waals surface area contributed by atoms with Crippen molar-refractivity contribution in [3.63, 3.8) is 0 Å². The topological polar surface area (TPSA) is 326 Å². The summed E-state index contributed by atoms with van der Waals surface area (Å²) in [6.07, 6.45) is 0. The second-order valence-corrected chi connectivity index (χ2v) is 17.1. The third kappa shape index (κ3) is 6.46. The van der Waals surface area contributed by atoms with Gasteiger partial charge in [0.05, 0.1) is 9.79 Å². The van der Waals surface area contributed by atoms with Crippen molar-refractivity contribution in [1.29, 1.82) is 0 Å². The molecule has 4 aromatic rings. The first kappa shape index (κ1) is 33.7. The fourth-order valence-electron chi connectivity index (χ4n) is 4.13. The van der Waals surface area contributed by atoms with E-state index in [0.717, 1.165) is 0 Å². The maximum absolute atomic E-state index is 12.3. The predicted molar refractivity (Wildman–Crippen MR) is 145 cm³/mol. The van der Waals surface area contributed by atoms with Crippen LogP contribution in [-0.2, 0) is 60.7 Å². The molecule has 0 aliphatic carbocycles. The molecule has 237 valence electrons. The normalized spacial score (nSPS) is 13.9. The highest BCUT2D eigenvalue weighted by Gasteiger charge is 2.29. The largest absolute Gasteiger partial charge is 0.295 e. The second-order valence-electron chi connectivity index (χ2n) is 8.74. The van der Waals surface area contributed by atoms with Crippen molar-refractivity contribution < 1.29 is 77.8 Å². The Hall–Kier alpha value is -3.14. The second kappa shape index (κ2) is 10.2. The molecule has 0 heterocycles. The van der Waals surface area contributed by atoms with Gasteiger partial charge in [0.25, 0.3) is 60.7 Å². The highest BCUT2D eigenvalue weighted by atomic mass is 32.2. The van der Waals surface area contributed by atoms with E-state index in [1.54, 1.807) is 0 Å². The number of fused-ring (bicyclic) bond motifs is 2. The van der Waals surface area contributed by atoms with Crippen molar-refractivity contribution in [1.82, 2.24) is 0 Å². The van der Waals surface area contributed by atoms with E-state index in [4.69, 9.17) is 0 Å². The summed E-state index contributed by atoms with van der Waals surface area (Å²) in [5, 5.41) is -3.65. The Balaban J connectivity index is 2.33. The highest BCUT2D eigenvalue weighted by molar-refractivity contribution is 7.88. The van der Waals surface area contributed by atoms with Crippen LogP contribution in [0.4, 0.5) is 0 Å². The minimum atomic E-state index is -5.53. The molecular formula is C20H13O18S6. The van der Waals surface area contributed by atoms with Crippen LogP contribution in [-0.4, -0.2) is 77.8 Å². The number of benzene rings is 4. The Morgan fingerprint density at radius 3 is 1.14 bits per heavy atom. The van der Waals surface area contributed by atoms with Gasteiger partial charge >= 0.3 is 0 Å². The summed E-state index contributed by atoms with van der Waals surface area (Å²) >= 11 is 0. The molecule has 4 rings (SSSR count). The summed E-state index contributed by atoms with van der Waals surface area (Å²) in [7, 11) is -32.5. The van der Waals surface area contributed by atoms with Crippen LogP contribution in [0.2, 0.25) is 0 Å². The molecule has 0 saturated carbocycles. The van der Waals surface area contributed by atoms with Crippen molar-refractivity contribution in [2.75, 3.05) is 0 Å². The predicted octanol–water partition coefficient (Wildman–Crippen LogP) is 0.940. The summed E-state index contributed by atoms with van der Waals surface area (Å²) in [5.74, 6) is 0. The molecule has 0 amide bonds. The molecule has 0 bridgehead atoms. The molecule has 0 saturated heterocycles. The lowest BCUT2D eigenvalue weighted by atomic mass is 9.98. The van der Waals surface area contributed by atoms with Gasteiger partial charge in [-0.3, -0.25) is 27.3 Å². The van der Waals surface area contributed by atoms with Crippen molar-refractivity contribution in [3.05, 3.63) is 48.5 Å². The van der Waals surface area contributed by atoms with E-state index in [1.807, 2.05) is 6.07 Å². The number of hydrogen-bond acceptors (Lipinski definition) is 12. The summed E-state index contributed by atoms with van der Waals surface area (Å²) in [6, 6.07) is 4.95. The van der Waals surface area contributed by atoms with E-state index in [1.165, 1.54) is 0 Å². The van der Waals surface area contributed by atoms with Crippen LogP contribution in [0, 0.1) is 6.07 Å². The molecule has 4 aromatic carbocycles. The Bertz CT molecular complexity index is 2440. The van der Waals surface area contributed by atoms with Gasteiger partial charge in [-0.2, -0.15) is 50.5 Å². The van der Waals surface area contributed by atoms with Crippen LogP contribution >= 0.6 is 0 Å². The van der Waals surface area contributed by atoms with Crippen LogP contribution in [0.3, 0.4) is 0 Å². The third-order valence-electron chi connectivity index (χ3n) is 5.86. The lowest BCUT2D eigenvalue weighted by Gasteiger charge is -2.15. The minimum absolute atomic E-state index is 0.196. The molecule has 18 nitrogen and oxygen atoms in total. The first-order chi connectivity index (χ1) is 19.6. The standard InChI is InChI=1S/C20H13O18S6/c21-39(22,23)11-5-15-13(19(7-11)43(33,34)35)1-9(3-17(15)41(27,28)29)10-2-14-16(18(4-10)42(30,31)32)6-12(40(24,25)26)8-20(14)44(36,37)38/h1-3,5-8H,(H,21,22,23)(H,24,25,26)(H,27,28,29)(H,30,31,32)(H,33,34,35)(H,36,37,38). The van der Waals surface area contributed by atoms with Gasteiger partial charge in [-0.1, -0.05) is 0 Å². The molecular weight excluding hydrogens is 721 g/mol. The van der Waals surface area contributed by atoms with E-state index >= 15 is 0 Å². The van der Waals surface area contributed by atoms with E-state index < -0.39 is 123 Å². The molecule has 6 N–H and O–H groups in total. The van der Waals surface area contributed by atoms with Crippen LogP contribution in [0.15, 0.2) is 71.8 Å². The lowest BCUT2D eigenvalue weighted by molar-refractivity contribution is 0.477. The van der Waals surface area contributed by atoms with E-state index in [-0.39, 0.29) is 12.1 Å². The number of rotatable bonds is 7. The average Bonchev–Trinajstić information content (AvgIpc) is 2.82. The zero-order valence-corrected chi connectivity index (χ0v) is 25.5. The average molecular weight is 734 g/mol. The molecule has 0 atom stereocenters. The van der Waals surface area contributed by atoms with Crippen molar-refractivity contribution in [2.45, 2.75) is 29.4 Å². The van der Waals surface area contributed by atoms with E-state index in [9.17, 15) is 77.8 Å². The van der Waals surface area contributed by atoms with Gasteiger partial charge in [-0.25, -0.2) is 0 Å². The molecule has 0 aliphatic rings. The highest BCUT2D eigenvalue weighted by Crippen LogP contribution is 2.39. The fraction of sp³-hybridized carbons (Fsp3) is 0. The Kier molecular flexibility index (Phi) is 7.81. The Morgan fingerprint density at radius 2 is 0.750 bits per heavy atom. The number of hydrogen-bond donors (Lipinski definition) is 6. The smallest absolute Gasteiger partial charge is 0.282 e. The van der Waals surface area contributed by atoms with Gasteiger partial charge in [0.2, 0.25) is 0 Å². The van der Waals surface area contributed by atoms with Gasteiger partial charge in [0, 0.05) is 27.6 Å². The van der Waals surface area contributed by atoms with E-state index in [0.29, 0.717) is 30.3 Å². The van der Waals surface area contributed by atoms with Crippen molar-refractivity contribution in [3.8, 4) is 11.1 Å². The van der Waals surface area contributed by atoms with Crippen molar-refractivity contribution in [2.24, 2.45) is 0 Å². The van der Waals surface area contributed by atoms with E-state index in [2.05, 4.69) is 0 Å². The Morgan fingerprint density at radius 1 is 0.386 bits per heavy atom. The minimum Gasteiger partial charge on any atom is -0.282 e. The molecule has 24 heteroatoms. The van der Waals surface area contributed by atoms with Crippen LogP contribution in [0.25, 0.3) is 32.7 Å². The summed E-state index contributed by atoms with van der Waals surface area (Å²) in [6.45, 7) is 0. The van der Waals surface area contributed by atoms with Crippen molar-refractivity contribution >= 4 is 82.3 Å². The zero-order chi connectivity index (χ0) is 33.6. The quantitative estimate of drug-likeness (QED) is 0.144. The van der Waals surface area contributed by atoms with Gasteiger partial charge < -0.3 is 0 Å². The zero-order valence-electron chi connectivity index (χ0n) is 20.6. The summed E-state index contributed by atoms with van der Waals surface area (Å²) in [4.78, 5) is -7.97. The molecule has 0 fully saturated rings. The molecule has 44 heavy (non-hydrogen) atoms. The fourth-order valence-corrected chi connectivity index (χ4v) is 8.20. The van der Waals surface area contributed by atoms with Gasteiger partial charge in [-0.05, 0) is 53.6 Å². The van der Waals surface area contributed by atoms with Gasteiger partial charge in [0.15, 0.2) is 0 Å². The van der Waals surface area contributed by atoms with Crippen LogP contribution < -0.4 is 0 Å². The molecule has 1 radical (unpaired) electrons. The lowest BCUT2D eigenvalue weighted by Crippen LogP contribution is -2.08. The first-order valence-electron chi connectivity index (χ1n) is 10.6. The molecule has 0 aliphatic heterocycles. The van der Waals surface area contributed by atoms with Gasteiger partial charge in [0.1, 0.15) is 19.6 Å².